The fourth-order valence-electron chi connectivity index (χ4n) is 1.61. The Morgan fingerprint density at radius 3 is 2.85 bits per heavy atom. The molecular weight excluding hydrogens is 279 g/mol. The van der Waals surface area contributed by atoms with Crippen LogP contribution >= 0.6 is 11.3 Å². The van der Waals surface area contributed by atoms with Gasteiger partial charge in [0.15, 0.2) is 0 Å². The van der Waals surface area contributed by atoms with Gasteiger partial charge in [-0.2, -0.15) is 0 Å². The summed E-state index contributed by atoms with van der Waals surface area (Å²) in [5.41, 5.74) is 1.15. The number of nitrogens with one attached hydrogen (secondary N) is 2. The van der Waals surface area contributed by atoms with Crippen LogP contribution < -0.4 is 10.6 Å². The molecule has 2 N–H and O–H groups in total. The molecule has 1 heterocycles. The zero-order valence-electron chi connectivity index (χ0n) is 11.2. The third-order valence-electron chi connectivity index (χ3n) is 2.45. The van der Waals surface area contributed by atoms with E-state index in [9.17, 15) is 9.18 Å². The number of anilines is 2. The Hall–Kier alpha value is -2.02. The normalized spacial score (nSPS) is 10.3. The van der Waals surface area contributed by atoms with Gasteiger partial charge >= 0.3 is 0 Å². The number of hydrogen-bond donors (Lipinski definition) is 2. The predicted molar refractivity (Wildman–Crippen MR) is 77.8 cm³/mol. The number of aryl methyl sites for hydroxylation is 1. The summed E-state index contributed by atoms with van der Waals surface area (Å²) in [5.74, 6) is -0.778. The van der Waals surface area contributed by atoms with Crippen LogP contribution in [0.4, 0.5) is 15.2 Å². The molecule has 2 aromatic rings. The molecular formula is C13H15FN4OS. The van der Waals surface area contributed by atoms with E-state index >= 15 is 0 Å². The molecule has 2 rings (SSSR count). The first-order valence-electron chi connectivity index (χ1n) is 6.24. The first kappa shape index (κ1) is 14.4. The van der Waals surface area contributed by atoms with Gasteiger partial charge in [0, 0.05) is 12.2 Å². The molecule has 0 aliphatic rings. The second-order valence-corrected chi connectivity index (χ2v) is 5.29. The minimum absolute atomic E-state index is 0.241. The van der Waals surface area contributed by atoms with Crippen LogP contribution in [0.15, 0.2) is 18.2 Å². The molecule has 0 radical (unpaired) electrons. The van der Waals surface area contributed by atoms with Gasteiger partial charge in [-0.1, -0.05) is 18.3 Å². The fourth-order valence-corrected chi connectivity index (χ4v) is 2.28. The van der Waals surface area contributed by atoms with Crippen LogP contribution in [-0.2, 0) is 0 Å². The second kappa shape index (κ2) is 6.42. The standard InChI is InChI=1S/C13H15FN4OS/c1-3-4-15-13-18-17-12(20-13)11(19)16-10-6-8(2)5-9(14)7-10/h5-7H,3-4H2,1-2H3,(H,15,18)(H,16,19). The number of halogens is 1. The minimum atomic E-state index is -0.392. The molecule has 7 heteroatoms. The quantitative estimate of drug-likeness (QED) is 0.889. The van der Waals surface area contributed by atoms with Crippen LogP contribution in [0.25, 0.3) is 0 Å². The Labute approximate surface area is 120 Å². The van der Waals surface area contributed by atoms with Gasteiger partial charge in [0.2, 0.25) is 10.1 Å². The van der Waals surface area contributed by atoms with E-state index in [0.717, 1.165) is 18.5 Å². The first-order chi connectivity index (χ1) is 9.58. The van der Waals surface area contributed by atoms with Crippen molar-refractivity contribution in [3.63, 3.8) is 0 Å². The summed E-state index contributed by atoms with van der Waals surface area (Å²) in [6.07, 6.45) is 0.962. The van der Waals surface area contributed by atoms with E-state index in [1.807, 2.05) is 6.92 Å². The lowest BCUT2D eigenvalue weighted by atomic mass is 10.2. The average Bonchev–Trinajstić information content (AvgIpc) is 2.83. The maximum absolute atomic E-state index is 13.2. The van der Waals surface area contributed by atoms with Gasteiger partial charge < -0.3 is 10.6 Å². The van der Waals surface area contributed by atoms with E-state index in [2.05, 4.69) is 20.8 Å². The Morgan fingerprint density at radius 2 is 2.15 bits per heavy atom. The molecule has 106 valence electrons. The van der Waals surface area contributed by atoms with E-state index in [0.29, 0.717) is 10.8 Å². The van der Waals surface area contributed by atoms with E-state index < -0.39 is 5.91 Å². The largest absolute Gasteiger partial charge is 0.360 e. The summed E-state index contributed by atoms with van der Waals surface area (Å²) in [7, 11) is 0. The van der Waals surface area contributed by atoms with E-state index in [1.165, 1.54) is 23.5 Å². The summed E-state index contributed by atoms with van der Waals surface area (Å²) in [4.78, 5) is 12.0. The summed E-state index contributed by atoms with van der Waals surface area (Å²) in [6, 6.07) is 4.35. The fraction of sp³-hybridized carbons (Fsp3) is 0.308. The average molecular weight is 294 g/mol. The Bertz CT molecular complexity index is 594. The number of hydrogen-bond acceptors (Lipinski definition) is 5. The van der Waals surface area contributed by atoms with E-state index in [1.54, 1.807) is 13.0 Å². The highest BCUT2D eigenvalue weighted by atomic mass is 32.1. The lowest BCUT2D eigenvalue weighted by Gasteiger charge is -2.04. The topological polar surface area (TPSA) is 66.9 Å². The van der Waals surface area contributed by atoms with Gasteiger partial charge in [-0.25, -0.2) is 4.39 Å². The lowest BCUT2D eigenvalue weighted by Crippen LogP contribution is -2.11. The Balaban J connectivity index is 2.05. The monoisotopic (exact) mass is 294 g/mol. The van der Waals surface area contributed by atoms with Gasteiger partial charge in [-0.3, -0.25) is 4.79 Å². The van der Waals surface area contributed by atoms with Crippen molar-refractivity contribution in [2.45, 2.75) is 20.3 Å². The highest BCUT2D eigenvalue weighted by molar-refractivity contribution is 7.17. The molecule has 1 aromatic heterocycles. The van der Waals surface area contributed by atoms with Gasteiger partial charge in [0.05, 0.1) is 0 Å². The first-order valence-corrected chi connectivity index (χ1v) is 7.06. The zero-order valence-corrected chi connectivity index (χ0v) is 12.1. The molecule has 0 unspecified atom stereocenters. The number of carbonyl (C=O) groups is 1. The molecule has 0 fully saturated rings. The maximum Gasteiger partial charge on any atom is 0.286 e. The minimum Gasteiger partial charge on any atom is -0.360 e. The smallest absolute Gasteiger partial charge is 0.286 e. The molecule has 5 nitrogen and oxygen atoms in total. The SMILES string of the molecule is CCCNc1nnc(C(=O)Nc2cc(C)cc(F)c2)s1. The Morgan fingerprint density at radius 1 is 1.35 bits per heavy atom. The summed E-state index contributed by atoms with van der Waals surface area (Å²) < 4.78 is 13.2. The van der Waals surface area contributed by atoms with Gasteiger partial charge in [0.1, 0.15) is 5.82 Å². The van der Waals surface area contributed by atoms with Crippen LogP contribution in [0.3, 0.4) is 0 Å². The highest BCUT2D eigenvalue weighted by Gasteiger charge is 2.13. The van der Waals surface area contributed by atoms with Crippen molar-refractivity contribution >= 4 is 28.1 Å². The molecule has 0 aliphatic heterocycles. The second-order valence-electron chi connectivity index (χ2n) is 4.31. The third-order valence-corrected chi connectivity index (χ3v) is 3.33. The molecule has 0 saturated carbocycles. The maximum atomic E-state index is 13.2. The van der Waals surface area contributed by atoms with Crippen molar-refractivity contribution in [3.8, 4) is 0 Å². The van der Waals surface area contributed by atoms with Crippen molar-refractivity contribution in [3.05, 3.63) is 34.6 Å². The van der Waals surface area contributed by atoms with Crippen molar-refractivity contribution < 1.29 is 9.18 Å². The molecule has 0 saturated heterocycles. The number of rotatable bonds is 5. The van der Waals surface area contributed by atoms with Crippen LogP contribution in [-0.4, -0.2) is 22.6 Å². The van der Waals surface area contributed by atoms with Crippen molar-refractivity contribution in [2.24, 2.45) is 0 Å². The molecule has 1 aromatic carbocycles. The third kappa shape index (κ3) is 3.74. The van der Waals surface area contributed by atoms with Crippen LogP contribution in [0, 0.1) is 12.7 Å². The van der Waals surface area contributed by atoms with Gasteiger partial charge in [0.25, 0.3) is 5.91 Å². The molecule has 0 aliphatic carbocycles. The summed E-state index contributed by atoms with van der Waals surface area (Å²) >= 11 is 1.17. The zero-order chi connectivity index (χ0) is 14.5. The van der Waals surface area contributed by atoms with Crippen molar-refractivity contribution in [1.29, 1.82) is 0 Å². The van der Waals surface area contributed by atoms with Crippen LogP contribution in [0.5, 0.6) is 0 Å². The lowest BCUT2D eigenvalue weighted by molar-refractivity contribution is 0.102. The highest BCUT2D eigenvalue weighted by Crippen LogP contribution is 2.18. The van der Waals surface area contributed by atoms with E-state index in [4.69, 9.17) is 0 Å². The molecule has 0 bridgehead atoms. The number of carbonyl (C=O) groups excluding carboxylic acids is 1. The van der Waals surface area contributed by atoms with E-state index in [-0.39, 0.29) is 10.8 Å². The van der Waals surface area contributed by atoms with Crippen molar-refractivity contribution in [2.75, 3.05) is 17.2 Å². The van der Waals surface area contributed by atoms with Crippen LogP contribution in [0.1, 0.15) is 28.7 Å². The number of benzene rings is 1. The molecule has 1 amide bonds. The van der Waals surface area contributed by atoms with Gasteiger partial charge in [-0.15, -0.1) is 10.2 Å². The number of amides is 1. The molecule has 0 atom stereocenters. The summed E-state index contributed by atoms with van der Waals surface area (Å²) in [6.45, 7) is 4.57. The number of nitrogens with zero attached hydrogens (tertiary/aromatic N) is 2. The van der Waals surface area contributed by atoms with Gasteiger partial charge in [-0.05, 0) is 37.1 Å². The summed E-state index contributed by atoms with van der Waals surface area (Å²) in [5, 5.41) is 14.2. The van der Waals surface area contributed by atoms with Crippen LogP contribution in [0.2, 0.25) is 0 Å². The molecule has 20 heavy (non-hydrogen) atoms. The van der Waals surface area contributed by atoms with Crippen molar-refractivity contribution in [1.82, 2.24) is 10.2 Å². The predicted octanol–water partition coefficient (Wildman–Crippen LogP) is 3.06. The Kier molecular flexibility index (Phi) is 4.62. The molecule has 0 spiro atoms. The number of aromatic nitrogens is 2.